The summed E-state index contributed by atoms with van der Waals surface area (Å²) in [5, 5.41) is 18.6. The summed E-state index contributed by atoms with van der Waals surface area (Å²) in [5.74, 6) is 0.0525. The van der Waals surface area contributed by atoms with Crippen LogP contribution in [0.4, 0.5) is 0 Å². The zero-order valence-electron chi connectivity index (χ0n) is 12.5. The lowest BCUT2D eigenvalue weighted by atomic mass is 10.0. The number of hydrogen-bond acceptors (Lipinski definition) is 4. The highest BCUT2D eigenvalue weighted by Gasteiger charge is 2.16. The van der Waals surface area contributed by atoms with Crippen molar-refractivity contribution in [1.82, 2.24) is 0 Å². The topological polar surface area (TPSA) is 66.8 Å². The van der Waals surface area contributed by atoms with Gasteiger partial charge in [0.05, 0.1) is 6.42 Å². The van der Waals surface area contributed by atoms with E-state index >= 15 is 0 Å². The molecular formula is C18H20O4. The summed E-state index contributed by atoms with van der Waals surface area (Å²) < 4.78 is 5.57. The second kappa shape index (κ2) is 7.50. The smallest absolute Gasteiger partial charge is 0.310 e. The van der Waals surface area contributed by atoms with Gasteiger partial charge in [-0.2, -0.15) is 0 Å². The van der Waals surface area contributed by atoms with E-state index in [9.17, 15) is 15.0 Å². The number of carbonyl (C=O) groups is 1. The molecule has 0 bridgehead atoms. The normalized spacial score (nSPS) is 11.9. The van der Waals surface area contributed by atoms with Crippen LogP contribution in [0, 0.1) is 0 Å². The van der Waals surface area contributed by atoms with E-state index in [0.29, 0.717) is 0 Å². The molecule has 1 unspecified atom stereocenters. The number of carbonyl (C=O) groups excluding carboxylic acids is 1. The third-order valence-corrected chi connectivity index (χ3v) is 3.37. The number of aromatic hydroxyl groups is 2. The average molecular weight is 300 g/mol. The molecule has 0 aliphatic carbocycles. The fraction of sp³-hybridized carbons (Fsp3) is 0.278. The molecular weight excluding hydrogens is 280 g/mol. The van der Waals surface area contributed by atoms with Crippen LogP contribution in [-0.4, -0.2) is 16.2 Å². The Morgan fingerprint density at radius 1 is 1.00 bits per heavy atom. The molecule has 116 valence electrons. The van der Waals surface area contributed by atoms with Crippen molar-refractivity contribution in [3.8, 4) is 11.5 Å². The van der Waals surface area contributed by atoms with E-state index in [2.05, 4.69) is 0 Å². The molecule has 0 heterocycles. The molecule has 2 aromatic carbocycles. The number of rotatable bonds is 6. The van der Waals surface area contributed by atoms with Crippen molar-refractivity contribution in [2.24, 2.45) is 0 Å². The Bertz CT molecular complexity index is 602. The molecule has 0 spiro atoms. The van der Waals surface area contributed by atoms with Crippen molar-refractivity contribution in [2.75, 3.05) is 0 Å². The summed E-state index contributed by atoms with van der Waals surface area (Å²) in [6.07, 6.45) is 1.47. The van der Waals surface area contributed by atoms with Crippen LogP contribution >= 0.6 is 0 Å². The summed E-state index contributed by atoms with van der Waals surface area (Å²) in [6.45, 7) is 2.03. The lowest BCUT2D eigenvalue weighted by Crippen LogP contribution is -2.13. The largest absolute Gasteiger partial charge is 0.508 e. The van der Waals surface area contributed by atoms with E-state index in [-0.39, 0.29) is 30.0 Å². The SMILES string of the molecule is CCCC(OC(=O)Cc1ccc(O)cc1)c1ccc(O)cc1. The predicted octanol–water partition coefficient (Wildman–Crippen LogP) is 3.72. The molecule has 0 aliphatic heterocycles. The third kappa shape index (κ3) is 4.52. The van der Waals surface area contributed by atoms with E-state index in [1.807, 2.05) is 6.92 Å². The van der Waals surface area contributed by atoms with Crippen molar-refractivity contribution in [3.63, 3.8) is 0 Å². The molecule has 4 heteroatoms. The molecule has 0 fully saturated rings. The predicted molar refractivity (Wildman–Crippen MR) is 83.7 cm³/mol. The number of esters is 1. The number of phenols is 2. The first-order valence-corrected chi connectivity index (χ1v) is 7.35. The molecule has 2 aromatic rings. The lowest BCUT2D eigenvalue weighted by Gasteiger charge is -2.18. The van der Waals surface area contributed by atoms with E-state index in [0.717, 1.165) is 24.0 Å². The van der Waals surface area contributed by atoms with Crippen LogP contribution in [0.5, 0.6) is 11.5 Å². The highest BCUT2D eigenvalue weighted by Crippen LogP contribution is 2.25. The van der Waals surface area contributed by atoms with Gasteiger partial charge in [0, 0.05) is 0 Å². The van der Waals surface area contributed by atoms with Crippen molar-refractivity contribution in [3.05, 3.63) is 59.7 Å². The highest BCUT2D eigenvalue weighted by molar-refractivity contribution is 5.73. The maximum absolute atomic E-state index is 12.1. The second-order valence-corrected chi connectivity index (χ2v) is 5.20. The lowest BCUT2D eigenvalue weighted by molar-refractivity contribution is -0.149. The van der Waals surface area contributed by atoms with E-state index < -0.39 is 0 Å². The highest BCUT2D eigenvalue weighted by atomic mass is 16.5. The standard InChI is InChI=1S/C18H20O4/c1-2-3-17(14-6-10-16(20)11-7-14)22-18(21)12-13-4-8-15(19)9-5-13/h4-11,17,19-20H,2-3,12H2,1H3. The number of hydrogen-bond donors (Lipinski definition) is 2. The van der Waals surface area contributed by atoms with Gasteiger partial charge in [-0.25, -0.2) is 0 Å². The first-order chi connectivity index (χ1) is 10.6. The molecule has 22 heavy (non-hydrogen) atoms. The van der Waals surface area contributed by atoms with Gasteiger partial charge in [-0.3, -0.25) is 4.79 Å². The molecule has 2 N–H and O–H groups in total. The molecule has 0 saturated carbocycles. The summed E-state index contributed by atoms with van der Waals surface area (Å²) in [7, 11) is 0. The van der Waals surface area contributed by atoms with Gasteiger partial charge < -0.3 is 14.9 Å². The Morgan fingerprint density at radius 2 is 1.55 bits per heavy atom. The average Bonchev–Trinajstić information content (AvgIpc) is 2.50. The van der Waals surface area contributed by atoms with Crippen molar-refractivity contribution >= 4 is 5.97 Å². The van der Waals surface area contributed by atoms with E-state index in [1.54, 1.807) is 48.5 Å². The van der Waals surface area contributed by atoms with E-state index in [1.165, 1.54) is 0 Å². The van der Waals surface area contributed by atoms with Gasteiger partial charge in [0.1, 0.15) is 17.6 Å². The maximum Gasteiger partial charge on any atom is 0.310 e. The summed E-state index contributed by atoms with van der Waals surface area (Å²) >= 11 is 0. The van der Waals surface area contributed by atoms with Crippen LogP contribution in [0.2, 0.25) is 0 Å². The third-order valence-electron chi connectivity index (χ3n) is 3.37. The van der Waals surface area contributed by atoms with E-state index in [4.69, 9.17) is 4.74 Å². The number of ether oxygens (including phenoxy) is 1. The van der Waals surface area contributed by atoms with Crippen molar-refractivity contribution in [2.45, 2.75) is 32.3 Å². The molecule has 0 radical (unpaired) electrons. The van der Waals surface area contributed by atoms with Gasteiger partial charge >= 0.3 is 5.97 Å². The summed E-state index contributed by atoms with van der Waals surface area (Å²) in [5.41, 5.74) is 1.67. The first kappa shape index (κ1) is 15.9. The van der Waals surface area contributed by atoms with Crippen LogP contribution in [0.25, 0.3) is 0 Å². The van der Waals surface area contributed by atoms with Gasteiger partial charge in [-0.15, -0.1) is 0 Å². The number of phenolic OH excluding ortho intramolecular Hbond substituents is 2. The second-order valence-electron chi connectivity index (χ2n) is 5.20. The molecule has 0 saturated heterocycles. The molecule has 0 aromatic heterocycles. The molecule has 4 nitrogen and oxygen atoms in total. The van der Waals surface area contributed by atoms with Crippen LogP contribution in [0.3, 0.4) is 0 Å². The fourth-order valence-corrected chi connectivity index (χ4v) is 2.23. The van der Waals surface area contributed by atoms with Crippen LogP contribution in [-0.2, 0) is 16.0 Å². The summed E-state index contributed by atoms with van der Waals surface area (Å²) in [6, 6.07) is 13.2. The minimum absolute atomic E-state index is 0.165. The first-order valence-electron chi connectivity index (χ1n) is 7.35. The molecule has 0 aliphatic rings. The van der Waals surface area contributed by atoms with Crippen LogP contribution in [0.15, 0.2) is 48.5 Å². The van der Waals surface area contributed by atoms with Crippen LogP contribution in [0.1, 0.15) is 37.0 Å². The Labute approximate surface area is 130 Å². The number of benzene rings is 2. The monoisotopic (exact) mass is 300 g/mol. The van der Waals surface area contributed by atoms with Gasteiger partial charge in [0.25, 0.3) is 0 Å². The van der Waals surface area contributed by atoms with Crippen molar-refractivity contribution < 1.29 is 19.7 Å². The van der Waals surface area contributed by atoms with Crippen LogP contribution < -0.4 is 0 Å². The van der Waals surface area contributed by atoms with Gasteiger partial charge in [0.2, 0.25) is 0 Å². The molecule has 1 atom stereocenters. The van der Waals surface area contributed by atoms with Gasteiger partial charge in [-0.05, 0) is 41.8 Å². The zero-order valence-corrected chi connectivity index (χ0v) is 12.5. The maximum atomic E-state index is 12.1. The minimum Gasteiger partial charge on any atom is -0.508 e. The Kier molecular flexibility index (Phi) is 5.42. The fourth-order valence-electron chi connectivity index (χ4n) is 2.23. The van der Waals surface area contributed by atoms with Gasteiger partial charge in [0.15, 0.2) is 0 Å². The Hall–Kier alpha value is -2.49. The minimum atomic E-state index is -0.310. The summed E-state index contributed by atoms with van der Waals surface area (Å²) in [4.78, 5) is 12.1. The Morgan fingerprint density at radius 3 is 2.09 bits per heavy atom. The molecule has 0 amide bonds. The quantitative estimate of drug-likeness (QED) is 0.798. The molecule has 2 rings (SSSR count). The Balaban J connectivity index is 2.02. The van der Waals surface area contributed by atoms with Gasteiger partial charge in [-0.1, -0.05) is 37.6 Å². The zero-order chi connectivity index (χ0) is 15.9. The van der Waals surface area contributed by atoms with Crippen molar-refractivity contribution in [1.29, 1.82) is 0 Å².